The van der Waals surface area contributed by atoms with Gasteiger partial charge in [-0.05, 0) is 26.3 Å². The van der Waals surface area contributed by atoms with Crippen LogP contribution in [0, 0.1) is 19.8 Å². The van der Waals surface area contributed by atoms with Gasteiger partial charge in [0.25, 0.3) is 0 Å². The number of hydrogen-bond donors (Lipinski definition) is 1. The third kappa shape index (κ3) is 3.27. The molecule has 0 spiro atoms. The molecule has 1 saturated heterocycles. The molecule has 1 aliphatic rings. The van der Waals surface area contributed by atoms with E-state index in [-0.39, 0.29) is 30.7 Å². The first-order chi connectivity index (χ1) is 12.9. The Bertz CT molecular complexity index is 1040. The summed E-state index contributed by atoms with van der Waals surface area (Å²) < 4.78 is 5.52. The van der Waals surface area contributed by atoms with Crippen LogP contribution in [0.1, 0.15) is 29.8 Å². The molecule has 0 radical (unpaired) electrons. The Labute approximate surface area is 158 Å². The van der Waals surface area contributed by atoms with Crippen LogP contribution in [0.4, 0.5) is 11.1 Å². The summed E-state index contributed by atoms with van der Waals surface area (Å²) in [5.41, 5.74) is 1.15. The fourth-order valence-electron chi connectivity index (χ4n) is 3.02. The SMILES string of the molecule is CCc1nnc(N2CC(C(=O)Nc3nc(C)c4cc(C)oc4n3)CC2=O)s1. The molecule has 3 aromatic rings. The first kappa shape index (κ1) is 17.5. The third-order valence-corrected chi connectivity index (χ3v) is 5.52. The van der Waals surface area contributed by atoms with Gasteiger partial charge in [0.2, 0.25) is 28.6 Å². The molecule has 10 heteroatoms. The number of rotatable bonds is 4. The molecule has 1 fully saturated rings. The van der Waals surface area contributed by atoms with Gasteiger partial charge in [0, 0.05) is 13.0 Å². The quantitative estimate of drug-likeness (QED) is 0.731. The average molecular weight is 386 g/mol. The lowest BCUT2D eigenvalue weighted by atomic mass is 10.1. The van der Waals surface area contributed by atoms with Crippen molar-refractivity contribution >= 4 is 45.3 Å². The topological polar surface area (TPSA) is 114 Å². The average Bonchev–Trinajstić information content (AvgIpc) is 3.32. The molecular weight excluding hydrogens is 368 g/mol. The molecule has 9 nitrogen and oxygen atoms in total. The number of carbonyl (C=O) groups is 2. The van der Waals surface area contributed by atoms with Crippen molar-refractivity contribution in [3.63, 3.8) is 0 Å². The molecule has 1 aliphatic heterocycles. The zero-order valence-electron chi connectivity index (χ0n) is 15.1. The summed E-state index contributed by atoms with van der Waals surface area (Å²) in [7, 11) is 0. The number of hydrogen-bond acceptors (Lipinski definition) is 8. The van der Waals surface area contributed by atoms with Gasteiger partial charge in [0.1, 0.15) is 10.8 Å². The summed E-state index contributed by atoms with van der Waals surface area (Å²) in [6, 6.07) is 1.86. The highest BCUT2D eigenvalue weighted by atomic mass is 32.1. The normalized spacial score (nSPS) is 17.1. The number of nitrogens with one attached hydrogen (secondary N) is 1. The van der Waals surface area contributed by atoms with Crippen LogP contribution in [-0.2, 0) is 16.0 Å². The molecule has 0 saturated carbocycles. The third-order valence-electron chi connectivity index (χ3n) is 4.43. The number of amides is 2. The van der Waals surface area contributed by atoms with Crippen LogP contribution in [-0.4, -0.2) is 38.5 Å². The van der Waals surface area contributed by atoms with Gasteiger partial charge in [0.15, 0.2) is 0 Å². The minimum absolute atomic E-state index is 0.119. The Morgan fingerprint density at radius 2 is 2.19 bits per heavy atom. The highest BCUT2D eigenvalue weighted by molar-refractivity contribution is 7.15. The van der Waals surface area contributed by atoms with Gasteiger partial charge >= 0.3 is 0 Å². The Balaban J connectivity index is 1.49. The van der Waals surface area contributed by atoms with Crippen LogP contribution in [0.5, 0.6) is 0 Å². The molecule has 1 atom stereocenters. The van der Waals surface area contributed by atoms with Crippen molar-refractivity contribution in [1.29, 1.82) is 0 Å². The summed E-state index contributed by atoms with van der Waals surface area (Å²) in [4.78, 5) is 35.0. The maximum Gasteiger partial charge on any atom is 0.233 e. The molecule has 3 aromatic heterocycles. The molecule has 1 N–H and O–H groups in total. The molecule has 0 aliphatic carbocycles. The Hall–Kier alpha value is -2.88. The molecule has 4 heterocycles. The molecule has 140 valence electrons. The smallest absolute Gasteiger partial charge is 0.233 e. The van der Waals surface area contributed by atoms with Crippen LogP contribution in [0.15, 0.2) is 10.5 Å². The Morgan fingerprint density at radius 3 is 2.93 bits per heavy atom. The molecule has 1 unspecified atom stereocenters. The Kier molecular flexibility index (Phi) is 4.34. The van der Waals surface area contributed by atoms with E-state index in [1.807, 2.05) is 26.8 Å². The minimum Gasteiger partial charge on any atom is -0.443 e. The van der Waals surface area contributed by atoms with E-state index in [0.29, 0.717) is 10.8 Å². The zero-order valence-corrected chi connectivity index (χ0v) is 16.0. The molecular formula is C17H18N6O3S. The van der Waals surface area contributed by atoms with Crippen molar-refractivity contribution in [2.45, 2.75) is 33.6 Å². The maximum absolute atomic E-state index is 12.6. The van der Waals surface area contributed by atoms with Gasteiger partial charge in [0.05, 0.1) is 17.0 Å². The number of aromatic nitrogens is 4. The summed E-state index contributed by atoms with van der Waals surface area (Å²) in [6.07, 6.45) is 0.878. The highest BCUT2D eigenvalue weighted by Crippen LogP contribution is 2.29. The van der Waals surface area contributed by atoms with Gasteiger partial charge in [-0.2, -0.15) is 4.98 Å². The number of furan rings is 1. The van der Waals surface area contributed by atoms with E-state index in [9.17, 15) is 9.59 Å². The monoisotopic (exact) mass is 386 g/mol. The van der Waals surface area contributed by atoms with E-state index in [1.165, 1.54) is 16.2 Å². The summed E-state index contributed by atoms with van der Waals surface area (Å²) in [6.45, 7) is 5.90. The largest absolute Gasteiger partial charge is 0.443 e. The van der Waals surface area contributed by atoms with Gasteiger partial charge < -0.3 is 4.42 Å². The van der Waals surface area contributed by atoms with E-state index in [0.717, 1.165) is 28.3 Å². The van der Waals surface area contributed by atoms with Crippen molar-refractivity contribution in [3.8, 4) is 0 Å². The van der Waals surface area contributed by atoms with E-state index < -0.39 is 5.92 Å². The van der Waals surface area contributed by atoms with Crippen LogP contribution >= 0.6 is 11.3 Å². The molecule has 0 aromatic carbocycles. The second-order valence-electron chi connectivity index (χ2n) is 6.44. The number of fused-ring (bicyclic) bond motifs is 1. The fourth-order valence-corrected chi connectivity index (χ4v) is 3.82. The Morgan fingerprint density at radius 1 is 1.37 bits per heavy atom. The van der Waals surface area contributed by atoms with E-state index in [2.05, 4.69) is 25.5 Å². The summed E-state index contributed by atoms with van der Waals surface area (Å²) in [5.74, 6) is -0.0264. The second kappa shape index (κ2) is 6.69. The van der Waals surface area contributed by atoms with Crippen molar-refractivity contribution in [1.82, 2.24) is 20.2 Å². The summed E-state index contributed by atoms with van der Waals surface area (Å²) >= 11 is 1.37. The lowest BCUT2D eigenvalue weighted by Gasteiger charge is -2.12. The molecule has 0 bridgehead atoms. The number of anilines is 2. The molecule has 27 heavy (non-hydrogen) atoms. The predicted molar refractivity (Wildman–Crippen MR) is 99.7 cm³/mol. The predicted octanol–water partition coefficient (Wildman–Crippen LogP) is 2.25. The fraction of sp³-hybridized carbons (Fsp3) is 0.412. The number of carbonyl (C=O) groups excluding carboxylic acids is 2. The summed E-state index contributed by atoms with van der Waals surface area (Å²) in [5, 5.41) is 13.0. The van der Waals surface area contributed by atoms with Crippen LogP contribution < -0.4 is 10.2 Å². The minimum atomic E-state index is -0.496. The first-order valence-corrected chi connectivity index (χ1v) is 9.44. The van der Waals surface area contributed by atoms with Crippen LogP contribution in [0.2, 0.25) is 0 Å². The van der Waals surface area contributed by atoms with Gasteiger partial charge in [-0.3, -0.25) is 19.8 Å². The van der Waals surface area contributed by atoms with Crippen molar-refractivity contribution in [3.05, 3.63) is 22.5 Å². The van der Waals surface area contributed by atoms with Crippen molar-refractivity contribution in [2.24, 2.45) is 5.92 Å². The van der Waals surface area contributed by atoms with Crippen molar-refractivity contribution in [2.75, 3.05) is 16.8 Å². The van der Waals surface area contributed by atoms with E-state index >= 15 is 0 Å². The molecule has 4 rings (SSSR count). The highest BCUT2D eigenvalue weighted by Gasteiger charge is 2.37. The number of nitrogens with zero attached hydrogens (tertiary/aromatic N) is 5. The first-order valence-electron chi connectivity index (χ1n) is 8.63. The molecule has 2 amide bonds. The standard InChI is InChI=1S/C17H18N6O3S/c1-4-12-21-22-17(27-12)23-7-10(6-13(23)24)14(25)19-16-18-9(3)11-5-8(2)26-15(11)20-16/h5,10H,4,6-7H2,1-3H3,(H,18,19,20,25). The van der Waals surface area contributed by atoms with E-state index in [4.69, 9.17) is 4.42 Å². The van der Waals surface area contributed by atoms with Gasteiger partial charge in [-0.1, -0.05) is 18.3 Å². The van der Waals surface area contributed by atoms with Gasteiger partial charge in [-0.15, -0.1) is 10.2 Å². The van der Waals surface area contributed by atoms with Crippen LogP contribution in [0.25, 0.3) is 11.1 Å². The van der Waals surface area contributed by atoms with Gasteiger partial charge in [-0.25, -0.2) is 4.98 Å². The lowest BCUT2D eigenvalue weighted by molar-refractivity contribution is -0.122. The van der Waals surface area contributed by atoms with Crippen LogP contribution in [0.3, 0.4) is 0 Å². The van der Waals surface area contributed by atoms with Crippen molar-refractivity contribution < 1.29 is 14.0 Å². The maximum atomic E-state index is 12.6. The second-order valence-corrected chi connectivity index (χ2v) is 7.48. The number of aryl methyl sites for hydroxylation is 3. The van der Waals surface area contributed by atoms with E-state index in [1.54, 1.807) is 0 Å². The zero-order chi connectivity index (χ0) is 19.1. The lowest BCUT2D eigenvalue weighted by Crippen LogP contribution is -2.28.